The summed E-state index contributed by atoms with van der Waals surface area (Å²) in [6.07, 6.45) is 5.18. The minimum atomic E-state index is -0.385. The molecule has 1 atom stereocenters. The van der Waals surface area contributed by atoms with Crippen LogP contribution in [-0.4, -0.2) is 22.4 Å². The van der Waals surface area contributed by atoms with Gasteiger partial charge in [0.15, 0.2) is 0 Å². The monoisotopic (exact) mass is 234 g/mol. The number of rotatable bonds is 4. The number of primary amides is 1. The zero-order valence-electron chi connectivity index (χ0n) is 10.1. The van der Waals surface area contributed by atoms with Gasteiger partial charge in [-0.25, -0.2) is 9.97 Å². The van der Waals surface area contributed by atoms with Crippen LogP contribution in [0, 0.1) is 0 Å². The first-order chi connectivity index (χ1) is 8.20. The summed E-state index contributed by atoms with van der Waals surface area (Å²) in [6.45, 7) is 3.03. The van der Waals surface area contributed by atoms with Gasteiger partial charge < -0.3 is 11.1 Å². The molecule has 1 aliphatic rings. The molecule has 1 aromatic heterocycles. The second-order valence-corrected chi connectivity index (χ2v) is 4.33. The standard InChI is InChI=1S/C12H18N4O/c1-2-14-9-4-3-5-10-8(9)7-15-12(16-10)6-11(13)17/h7,9,14H,2-6H2,1H3,(H2,13,17). The van der Waals surface area contributed by atoms with Gasteiger partial charge in [0, 0.05) is 23.5 Å². The number of nitrogens with two attached hydrogens (primary N) is 1. The Kier molecular flexibility index (Phi) is 3.68. The highest BCUT2D eigenvalue weighted by Gasteiger charge is 2.21. The average molecular weight is 234 g/mol. The van der Waals surface area contributed by atoms with Gasteiger partial charge in [-0.2, -0.15) is 0 Å². The number of carbonyl (C=O) groups is 1. The van der Waals surface area contributed by atoms with Crippen molar-refractivity contribution in [2.75, 3.05) is 6.54 Å². The molecule has 1 unspecified atom stereocenters. The van der Waals surface area contributed by atoms with Gasteiger partial charge in [0.05, 0.1) is 6.42 Å². The Morgan fingerprint density at radius 3 is 3.18 bits per heavy atom. The Morgan fingerprint density at radius 1 is 1.65 bits per heavy atom. The molecule has 92 valence electrons. The lowest BCUT2D eigenvalue weighted by Gasteiger charge is -2.25. The van der Waals surface area contributed by atoms with Gasteiger partial charge in [-0.3, -0.25) is 4.79 Å². The van der Waals surface area contributed by atoms with Gasteiger partial charge in [-0.1, -0.05) is 6.92 Å². The van der Waals surface area contributed by atoms with Crippen LogP contribution >= 0.6 is 0 Å². The molecule has 1 amide bonds. The summed E-state index contributed by atoms with van der Waals surface area (Å²) in [5.74, 6) is 0.150. The van der Waals surface area contributed by atoms with Gasteiger partial charge in [-0.15, -0.1) is 0 Å². The Morgan fingerprint density at radius 2 is 2.47 bits per heavy atom. The molecule has 0 spiro atoms. The Bertz CT molecular complexity index is 419. The molecule has 0 aliphatic heterocycles. The number of aryl methyl sites for hydroxylation is 1. The highest BCUT2D eigenvalue weighted by molar-refractivity contribution is 5.75. The van der Waals surface area contributed by atoms with Gasteiger partial charge in [0.2, 0.25) is 5.91 Å². The summed E-state index contributed by atoms with van der Waals surface area (Å²) in [7, 11) is 0. The highest BCUT2D eigenvalue weighted by Crippen LogP contribution is 2.27. The molecule has 5 heteroatoms. The van der Waals surface area contributed by atoms with E-state index in [4.69, 9.17) is 5.73 Å². The quantitative estimate of drug-likeness (QED) is 0.794. The zero-order valence-corrected chi connectivity index (χ0v) is 10.1. The van der Waals surface area contributed by atoms with Crippen LogP contribution in [0.5, 0.6) is 0 Å². The van der Waals surface area contributed by atoms with Crippen LogP contribution in [0.25, 0.3) is 0 Å². The molecule has 0 fully saturated rings. The van der Waals surface area contributed by atoms with E-state index in [-0.39, 0.29) is 12.3 Å². The van der Waals surface area contributed by atoms with E-state index < -0.39 is 0 Å². The third kappa shape index (κ3) is 2.79. The largest absolute Gasteiger partial charge is 0.369 e. The van der Waals surface area contributed by atoms with Crippen molar-refractivity contribution in [1.82, 2.24) is 15.3 Å². The molecule has 1 aromatic rings. The summed E-state index contributed by atoms with van der Waals surface area (Å²) in [5, 5.41) is 3.43. The van der Waals surface area contributed by atoms with E-state index >= 15 is 0 Å². The Hall–Kier alpha value is -1.49. The van der Waals surface area contributed by atoms with Crippen molar-refractivity contribution in [3.8, 4) is 0 Å². The maximum atomic E-state index is 10.8. The van der Waals surface area contributed by atoms with E-state index in [0.29, 0.717) is 11.9 Å². The fourth-order valence-corrected chi connectivity index (χ4v) is 2.29. The van der Waals surface area contributed by atoms with Crippen molar-refractivity contribution < 1.29 is 4.79 Å². The van der Waals surface area contributed by atoms with E-state index in [1.807, 2.05) is 6.20 Å². The average Bonchev–Trinajstić information content (AvgIpc) is 2.28. The van der Waals surface area contributed by atoms with Crippen LogP contribution < -0.4 is 11.1 Å². The molecule has 0 saturated carbocycles. The van der Waals surface area contributed by atoms with Crippen molar-refractivity contribution in [3.05, 3.63) is 23.3 Å². The fourth-order valence-electron chi connectivity index (χ4n) is 2.29. The molecule has 1 heterocycles. The van der Waals surface area contributed by atoms with Crippen LogP contribution in [0.4, 0.5) is 0 Å². The number of amides is 1. The number of aromatic nitrogens is 2. The van der Waals surface area contributed by atoms with Crippen LogP contribution in [0.3, 0.4) is 0 Å². The molecule has 0 saturated heterocycles. The first-order valence-electron chi connectivity index (χ1n) is 6.07. The molecule has 17 heavy (non-hydrogen) atoms. The summed E-state index contributed by atoms with van der Waals surface area (Å²) < 4.78 is 0. The number of hydrogen-bond donors (Lipinski definition) is 2. The molecule has 2 rings (SSSR count). The van der Waals surface area contributed by atoms with Crippen molar-refractivity contribution in [2.45, 2.75) is 38.6 Å². The third-order valence-electron chi connectivity index (χ3n) is 3.01. The normalized spacial score (nSPS) is 18.8. The van der Waals surface area contributed by atoms with Crippen LogP contribution in [-0.2, 0) is 17.6 Å². The minimum absolute atomic E-state index is 0.124. The van der Waals surface area contributed by atoms with Gasteiger partial charge >= 0.3 is 0 Å². The molecule has 0 bridgehead atoms. The summed E-state index contributed by atoms with van der Waals surface area (Å²) in [4.78, 5) is 19.5. The molecule has 0 aromatic carbocycles. The van der Waals surface area contributed by atoms with Crippen molar-refractivity contribution in [2.24, 2.45) is 5.73 Å². The Labute approximate surface area is 101 Å². The van der Waals surface area contributed by atoms with Gasteiger partial charge in [-0.05, 0) is 25.8 Å². The maximum Gasteiger partial charge on any atom is 0.225 e. The lowest BCUT2D eigenvalue weighted by atomic mass is 9.92. The van der Waals surface area contributed by atoms with Crippen LogP contribution in [0.1, 0.15) is 42.9 Å². The van der Waals surface area contributed by atoms with E-state index in [0.717, 1.165) is 31.5 Å². The van der Waals surface area contributed by atoms with Gasteiger partial charge in [0.1, 0.15) is 5.82 Å². The summed E-state index contributed by atoms with van der Waals surface area (Å²) in [6, 6.07) is 0.353. The number of carbonyl (C=O) groups excluding carboxylic acids is 1. The number of hydrogen-bond acceptors (Lipinski definition) is 4. The maximum absolute atomic E-state index is 10.8. The fraction of sp³-hybridized carbons (Fsp3) is 0.583. The molecule has 1 aliphatic carbocycles. The Balaban J connectivity index is 2.23. The minimum Gasteiger partial charge on any atom is -0.369 e. The smallest absolute Gasteiger partial charge is 0.225 e. The number of nitrogens with one attached hydrogen (secondary N) is 1. The summed E-state index contributed by atoms with van der Waals surface area (Å²) in [5.41, 5.74) is 7.38. The lowest BCUT2D eigenvalue weighted by molar-refractivity contribution is -0.117. The predicted octanol–water partition coefficient (Wildman–Crippen LogP) is 0.491. The number of nitrogens with zero attached hydrogens (tertiary/aromatic N) is 2. The number of fused-ring (bicyclic) bond motifs is 1. The molecular weight excluding hydrogens is 216 g/mol. The second-order valence-electron chi connectivity index (χ2n) is 4.33. The van der Waals surface area contributed by atoms with E-state index in [2.05, 4.69) is 22.2 Å². The SMILES string of the molecule is CCNC1CCCc2nc(CC(N)=O)ncc21. The van der Waals surface area contributed by atoms with Crippen molar-refractivity contribution >= 4 is 5.91 Å². The molecular formula is C12H18N4O. The van der Waals surface area contributed by atoms with Crippen LogP contribution in [0.2, 0.25) is 0 Å². The van der Waals surface area contributed by atoms with E-state index in [9.17, 15) is 4.79 Å². The first-order valence-corrected chi connectivity index (χ1v) is 6.07. The van der Waals surface area contributed by atoms with Crippen LogP contribution in [0.15, 0.2) is 6.20 Å². The molecule has 0 radical (unpaired) electrons. The first kappa shape index (κ1) is 12.0. The highest BCUT2D eigenvalue weighted by atomic mass is 16.1. The topological polar surface area (TPSA) is 80.9 Å². The van der Waals surface area contributed by atoms with Gasteiger partial charge in [0.25, 0.3) is 0 Å². The van der Waals surface area contributed by atoms with E-state index in [1.165, 1.54) is 5.56 Å². The third-order valence-corrected chi connectivity index (χ3v) is 3.01. The van der Waals surface area contributed by atoms with Crippen molar-refractivity contribution in [1.29, 1.82) is 0 Å². The molecule has 3 N–H and O–H groups in total. The zero-order chi connectivity index (χ0) is 12.3. The van der Waals surface area contributed by atoms with Crippen molar-refractivity contribution in [3.63, 3.8) is 0 Å². The lowest BCUT2D eigenvalue weighted by Crippen LogP contribution is -2.26. The second kappa shape index (κ2) is 5.23. The predicted molar refractivity (Wildman–Crippen MR) is 64.3 cm³/mol. The molecule has 5 nitrogen and oxygen atoms in total. The van der Waals surface area contributed by atoms with E-state index in [1.54, 1.807) is 0 Å². The summed E-state index contributed by atoms with van der Waals surface area (Å²) >= 11 is 0.